The van der Waals surface area contributed by atoms with Crippen LogP contribution in [0.5, 0.6) is 5.75 Å². The second kappa shape index (κ2) is 4.17. The summed E-state index contributed by atoms with van der Waals surface area (Å²) < 4.78 is 5.23. The van der Waals surface area contributed by atoms with Crippen LogP contribution >= 0.6 is 0 Å². The molecule has 0 spiro atoms. The lowest BCUT2D eigenvalue weighted by molar-refractivity contribution is -0.125. The summed E-state index contributed by atoms with van der Waals surface area (Å²) >= 11 is 0. The Hall–Kier alpha value is -1.77. The van der Waals surface area contributed by atoms with Gasteiger partial charge in [0, 0.05) is 24.7 Å². The van der Waals surface area contributed by atoms with Crippen molar-refractivity contribution in [3.63, 3.8) is 0 Å². The van der Waals surface area contributed by atoms with Crippen LogP contribution in [0.2, 0.25) is 0 Å². The summed E-state index contributed by atoms with van der Waals surface area (Å²) in [6.45, 7) is 1.30. The zero-order valence-corrected chi connectivity index (χ0v) is 8.64. The molecule has 0 saturated heterocycles. The van der Waals surface area contributed by atoms with Gasteiger partial charge in [0.05, 0.1) is 7.11 Å². The van der Waals surface area contributed by atoms with Crippen molar-refractivity contribution in [2.45, 2.75) is 6.54 Å². The van der Waals surface area contributed by atoms with E-state index < -0.39 is 0 Å². The van der Waals surface area contributed by atoms with Crippen LogP contribution in [0.15, 0.2) is 36.4 Å². The van der Waals surface area contributed by atoms with Crippen molar-refractivity contribution < 1.29 is 9.53 Å². The quantitative estimate of drug-likeness (QED) is 0.746. The second-order valence-electron chi connectivity index (χ2n) is 3.43. The lowest BCUT2D eigenvalue weighted by Crippen LogP contribution is -2.24. The van der Waals surface area contributed by atoms with Crippen molar-refractivity contribution in [1.82, 2.24) is 4.90 Å². The molecule has 1 amide bonds. The number of para-hydroxylation sites is 1. The van der Waals surface area contributed by atoms with Crippen LogP contribution < -0.4 is 4.74 Å². The third kappa shape index (κ3) is 2.01. The smallest absolute Gasteiger partial charge is 0.246 e. The number of hydrogen-bond donors (Lipinski definition) is 0. The number of nitrogens with zero attached hydrogens (tertiary/aromatic N) is 1. The number of rotatable bonds is 3. The first-order valence-corrected chi connectivity index (χ1v) is 4.88. The largest absolute Gasteiger partial charge is 0.496 e. The number of amides is 1. The predicted octanol–water partition coefficient (Wildman–Crippen LogP) is 1.59. The van der Waals surface area contributed by atoms with Crippen molar-refractivity contribution in [1.29, 1.82) is 0 Å². The van der Waals surface area contributed by atoms with Crippen LogP contribution in [0.3, 0.4) is 0 Å². The van der Waals surface area contributed by atoms with Crippen molar-refractivity contribution in [2.24, 2.45) is 0 Å². The standard InChI is InChI=1S/C12H13NO2/c1-15-11-6-3-2-5-10(11)9-13-8-4-7-12(13)14/h2-7H,8-9H2,1H3. The lowest BCUT2D eigenvalue weighted by atomic mass is 10.2. The Balaban J connectivity index is 2.13. The summed E-state index contributed by atoms with van der Waals surface area (Å²) in [4.78, 5) is 13.2. The van der Waals surface area contributed by atoms with E-state index in [-0.39, 0.29) is 5.91 Å². The van der Waals surface area contributed by atoms with E-state index >= 15 is 0 Å². The molecule has 3 nitrogen and oxygen atoms in total. The Morgan fingerprint density at radius 1 is 1.40 bits per heavy atom. The van der Waals surface area contributed by atoms with Gasteiger partial charge in [-0.15, -0.1) is 0 Å². The molecule has 1 aliphatic heterocycles. The highest BCUT2D eigenvalue weighted by Gasteiger charge is 2.16. The van der Waals surface area contributed by atoms with Gasteiger partial charge in [0.1, 0.15) is 5.75 Å². The van der Waals surface area contributed by atoms with Crippen molar-refractivity contribution >= 4 is 5.91 Å². The molecule has 0 bridgehead atoms. The van der Waals surface area contributed by atoms with Gasteiger partial charge in [-0.2, -0.15) is 0 Å². The maximum Gasteiger partial charge on any atom is 0.246 e. The van der Waals surface area contributed by atoms with Crippen LogP contribution in [-0.2, 0) is 11.3 Å². The number of hydrogen-bond acceptors (Lipinski definition) is 2. The van der Waals surface area contributed by atoms with Gasteiger partial charge in [0.15, 0.2) is 0 Å². The van der Waals surface area contributed by atoms with E-state index in [0.29, 0.717) is 13.1 Å². The molecule has 78 valence electrons. The highest BCUT2D eigenvalue weighted by molar-refractivity contribution is 5.89. The molecule has 0 saturated carbocycles. The highest BCUT2D eigenvalue weighted by Crippen LogP contribution is 2.20. The van der Waals surface area contributed by atoms with E-state index in [1.165, 1.54) is 0 Å². The summed E-state index contributed by atoms with van der Waals surface area (Å²) in [5.74, 6) is 0.901. The topological polar surface area (TPSA) is 29.5 Å². The van der Waals surface area contributed by atoms with Gasteiger partial charge in [-0.1, -0.05) is 24.3 Å². The predicted molar refractivity (Wildman–Crippen MR) is 57.6 cm³/mol. The molecule has 1 aromatic carbocycles. The van der Waals surface area contributed by atoms with Gasteiger partial charge in [0.25, 0.3) is 0 Å². The fourth-order valence-electron chi connectivity index (χ4n) is 1.66. The third-order valence-corrected chi connectivity index (χ3v) is 2.45. The molecule has 1 aromatic rings. The lowest BCUT2D eigenvalue weighted by Gasteiger charge is -2.17. The Morgan fingerprint density at radius 2 is 2.20 bits per heavy atom. The molecule has 1 heterocycles. The summed E-state index contributed by atoms with van der Waals surface area (Å²) in [7, 11) is 1.64. The first-order chi connectivity index (χ1) is 7.31. The number of benzene rings is 1. The Kier molecular flexibility index (Phi) is 2.72. The third-order valence-electron chi connectivity index (χ3n) is 2.45. The van der Waals surface area contributed by atoms with Gasteiger partial charge in [-0.05, 0) is 6.07 Å². The first kappa shape index (κ1) is 9.77. The molecule has 1 aliphatic rings. The molecule has 15 heavy (non-hydrogen) atoms. The van der Waals surface area contributed by atoms with Crippen LogP contribution in [0.4, 0.5) is 0 Å². The van der Waals surface area contributed by atoms with Crippen LogP contribution in [0.25, 0.3) is 0 Å². The van der Waals surface area contributed by atoms with Crippen LogP contribution in [-0.4, -0.2) is 24.5 Å². The van der Waals surface area contributed by atoms with Crippen molar-refractivity contribution in [3.05, 3.63) is 42.0 Å². The van der Waals surface area contributed by atoms with E-state index in [1.54, 1.807) is 18.1 Å². The van der Waals surface area contributed by atoms with Crippen LogP contribution in [0, 0.1) is 0 Å². The van der Waals surface area contributed by atoms with Gasteiger partial charge in [0.2, 0.25) is 5.91 Å². The Labute approximate surface area is 89.0 Å². The fourth-order valence-corrected chi connectivity index (χ4v) is 1.66. The molecule has 0 atom stereocenters. The van der Waals surface area contributed by atoms with Crippen molar-refractivity contribution in [2.75, 3.05) is 13.7 Å². The number of carbonyl (C=O) groups excluding carboxylic acids is 1. The molecular weight excluding hydrogens is 190 g/mol. The zero-order chi connectivity index (χ0) is 10.7. The summed E-state index contributed by atoms with van der Waals surface area (Å²) in [6, 6.07) is 7.76. The Bertz CT molecular complexity index is 398. The molecule has 0 aromatic heterocycles. The van der Waals surface area contributed by atoms with Crippen LogP contribution in [0.1, 0.15) is 5.56 Å². The van der Waals surface area contributed by atoms with Gasteiger partial charge >= 0.3 is 0 Å². The summed E-state index contributed by atoms with van der Waals surface area (Å²) in [5.41, 5.74) is 1.04. The highest BCUT2D eigenvalue weighted by atomic mass is 16.5. The Morgan fingerprint density at radius 3 is 2.87 bits per heavy atom. The average Bonchev–Trinajstić information content (AvgIpc) is 2.65. The minimum atomic E-state index is 0.0703. The second-order valence-corrected chi connectivity index (χ2v) is 3.43. The monoisotopic (exact) mass is 203 g/mol. The number of ether oxygens (including phenoxy) is 1. The first-order valence-electron chi connectivity index (χ1n) is 4.88. The maximum absolute atomic E-state index is 11.4. The van der Waals surface area contributed by atoms with Crippen molar-refractivity contribution in [3.8, 4) is 5.75 Å². The van der Waals surface area contributed by atoms with E-state index in [2.05, 4.69) is 0 Å². The molecule has 3 heteroatoms. The molecule has 0 N–H and O–H groups in total. The summed E-state index contributed by atoms with van der Waals surface area (Å²) in [6.07, 6.45) is 3.48. The molecule has 0 radical (unpaired) electrons. The number of methoxy groups -OCH3 is 1. The number of carbonyl (C=O) groups is 1. The van der Waals surface area contributed by atoms with E-state index in [4.69, 9.17) is 4.74 Å². The van der Waals surface area contributed by atoms with E-state index in [9.17, 15) is 4.79 Å². The molecule has 0 aliphatic carbocycles. The SMILES string of the molecule is COc1ccccc1CN1CC=CC1=O. The molecular formula is C12H13NO2. The van der Waals surface area contributed by atoms with Gasteiger partial charge in [-0.3, -0.25) is 4.79 Å². The zero-order valence-electron chi connectivity index (χ0n) is 8.64. The van der Waals surface area contributed by atoms with E-state index in [0.717, 1.165) is 11.3 Å². The molecule has 0 fully saturated rings. The van der Waals surface area contributed by atoms with Gasteiger partial charge < -0.3 is 9.64 Å². The summed E-state index contributed by atoms with van der Waals surface area (Å²) in [5, 5.41) is 0. The molecule has 0 unspecified atom stereocenters. The molecule has 2 rings (SSSR count). The van der Waals surface area contributed by atoms with E-state index in [1.807, 2.05) is 30.3 Å². The normalized spacial score (nSPS) is 14.7. The fraction of sp³-hybridized carbons (Fsp3) is 0.250. The minimum Gasteiger partial charge on any atom is -0.496 e. The maximum atomic E-state index is 11.4. The minimum absolute atomic E-state index is 0.0703. The average molecular weight is 203 g/mol. The van der Waals surface area contributed by atoms with Gasteiger partial charge in [-0.25, -0.2) is 0 Å².